The van der Waals surface area contributed by atoms with Gasteiger partial charge in [-0.05, 0) is 25.1 Å². The van der Waals surface area contributed by atoms with Crippen LogP contribution >= 0.6 is 0 Å². The molecule has 17 heavy (non-hydrogen) atoms. The van der Waals surface area contributed by atoms with Crippen LogP contribution in [0.5, 0.6) is 5.75 Å². The number of aromatic amines is 1. The summed E-state index contributed by atoms with van der Waals surface area (Å²) in [6.45, 7) is 1.46. The maximum atomic E-state index is 11.6. The van der Waals surface area contributed by atoms with Crippen molar-refractivity contribution >= 4 is 27.6 Å². The second kappa shape index (κ2) is 3.35. The molecule has 1 aromatic heterocycles. The van der Waals surface area contributed by atoms with Crippen LogP contribution in [0.1, 0.15) is 17.3 Å². The zero-order chi connectivity index (χ0) is 12.0. The quantitative estimate of drug-likeness (QED) is 0.625. The number of rotatable bonds is 1. The van der Waals surface area contributed by atoms with Gasteiger partial charge in [0.05, 0.1) is 11.1 Å². The zero-order valence-electron chi connectivity index (χ0n) is 9.32. The molecule has 0 saturated carbocycles. The van der Waals surface area contributed by atoms with Crippen LogP contribution in [0.15, 0.2) is 36.4 Å². The topological polar surface area (TPSA) is 53.1 Å². The molecule has 0 radical (unpaired) electrons. The lowest BCUT2D eigenvalue weighted by Gasteiger charge is -2.01. The third kappa shape index (κ3) is 1.32. The minimum atomic E-state index is -0.139. The van der Waals surface area contributed by atoms with Crippen LogP contribution in [0, 0.1) is 0 Å². The highest BCUT2D eigenvalue weighted by atomic mass is 16.3. The minimum Gasteiger partial charge on any atom is -0.507 e. The number of phenolic OH excluding ortho intramolecular Hbond substituents is 1. The van der Waals surface area contributed by atoms with E-state index in [1.807, 2.05) is 30.3 Å². The average Bonchev–Trinajstić information content (AvgIpc) is 2.66. The number of aromatic hydroxyl groups is 1. The summed E-state index contributed by atoms with van der Waals surface area (Å²) in [5, 5.41) is 11.8. The molecular weight excluding hydrogens is 214 g/mol. The first-order valence-electron chi connectivity index (χ1n) is 5.42. The van der Waals surface area contributed by atoms with Crippen molar-refractivity contribution in [2.75, 3.05) is 0 Å². The standard InChI is InChI=1S/C14H11NO2/c1-8(16)13-12(17)7-6-10-9-4-2-3-5-11(9)15-14(10)13/h2-7,15,17H,1H3. The van der Waals surface area contributed by atoms with E-state index in [1.165, 1.54) is 6.92 Å². The molecule has 1 heterocycles. The van der Waals surface area contributed by atoms with Gasteiger partial charge in [-0.15, -0.1) is 0 Å². The summed E-state index contributed by atoms with van der Waals surface area (Å²) in [6.07, 6.45) is 0. The van der Waals surface area contributed by atoms with Gasteiger partial charge in [0.15, 0.2) is 5.78 Å². The van der Waals surface area contributed by atoms with E-state index in [9.17, 15) is 9.90 Å². The molecule has 0 aliphatic rings. The van der Waals surface area contributed by atoms with Gasteiger partial charge in [0, 0.05) is 16.3 Å². The number of ketones is 1. The van der Waals surface area contributed by atoms with Crippen molar-refractivity contribution in [2.45, 2.75) is 6.92 Å². The van der Waals surface area contributed by atoms with Crippen molar-refractivity contribution in [3.05, 3.63) is 42.0 Å². The molecule has 3 rings (SSSR count). The van der Waals surface area contributed by atoms with Crippen molar-refractivity contribution in [3.63, 3.8) is 0 Å². The van der Waals surface area contributed by atoms with Crippen molar-refractivity contribution in [1.29, 1.82) is 0 Å². The van der Waals surface area contributed by atoms with Gasteiger partial charge < -0.3 is 10.1 Å². The molecule has 0 spiro atoms. The highest BCUT2D eigenvalue weighted by Gasteiger charge is 2.14. The summed E-state index contributed by atoms with van der Waals surface area (Å²) in [5.74, 6) is -0.115. The third-order valence-electron chi connectivity index (χ3n) is 3.01. The number of hydrogen-bond acceptors (Lipinski definition) is 2. The molecule has 84 valence electrons. The maximum absolute atomic E-state index is 11.6. The largest absolute Gasteiger partial charge is 0.507 e. The molecule has 0 amide bonds. The van der Waals surface area contributed by atoms with Gasteiger partial charge in [-0.2, -0.15) is 0 Å². The molecule has 3 nitrogen and oxygen atoms in total. The number of carbonyl (C=O) groups is 1. The third-order valence-corrected chi connectivity index (χ3v) is 3.01. The van der Waals surface area contributed by atoms with E-state index in [4.69, 9.17) is 0 Å². The first-order valence-corrected chi connectivity index (χ1v) is 5.42. The van der Waals surface area contributed by atoms with Gasteiger partial charge in [-0.1, -0.05) is 18.2 Å². The zero-order valence-corrected chi connectivity index (χ0v) is 9.32. The number of phenols is 1. The van der Waals surface area contributed by atoms with Gasteiger partial charge in [0.2, 0.25) is 0 Å². The van der Waals surface area contributed by atoms with Crippen LogP contribution in [0.4, 0.5) is 0 Å². The van der Waals surface area contributed by atoms with Gasteiger partial charge in [0.25, 0.3) is 0 Å². The summed E-state index contributed by atoms with van der Waals surface area (Å²) in [6, 6.07) is 11.2. The van der Waals surface area contributed by atoms with E-state index in [-0.39, 0.29) is 11.5 Å². The molecule has 0 unspecified atom stereocenters. The second-order valence-electron chi connectivity index (χ2n) is 4.11. The highest BCUT2D eigenvalue weighted by Crippen LogP contribution is 2.32. The monoisotopic (exact) mass is 225 g/mol. The van der Waals surface area contributed by atoms with Gasteiger partial charge in [0.1, 0.15) is 5.75 Å². The van der Waals surface area contributed by atoms with E-state index >= 15 is 0 Å². The Labute approximate surface area is 97.7 Å². The summed E-state index contributed by atoms with van der Waals surface area (Å²) in [7, 11) is 0. The van der Waals surface area contributed by atoms with Crippen LogP contribution in [0.2, 0.25) is 0 Å². The number of nitrogens with one attached hydrogen (secondary N) is 1. The molecule has 3 aromatic rings. The Bertz CT molecular complexity index is 740. The molecule has 0 bridgehead atoms. The average molecular weight is 225 g/mol. The molecule has 2 N–H and O–H groups in total. The Kier molecular flexibility index (Phi) is 1.95. The van der Waals surface area contributed by atoms with E-state index in [0.29, 0.717) is 11.1 Å². The number of H-pyrrole nitrogens is 1. The molecule has 0 aliphatic carbocycles. The van der Waals surface area contributed by atoms with Crippen LogP contribution in [-0.4, -0.2) is 15.9 Å². The fourth-order valence-electron chi connectivity index (χ4n) is 2.26. The number of aromatic nitrogens is 1. The maximum Gasteiger partial charge on any atom is 0.165 e. The predicted octanol–water partition coefficient (Wildman–Crippen LogP) is 3.23. The number of hydrogen-bond donors (Lipinski definition) is 2. The second-order valence-corrected chi connectivity index (χ2v) is 4.11. The summed E-state index contributed by atoms with van der Waals surface area (Å²) < 4.78 is 0. The van der Waals surface area contributed by atoms with Gasteiger partial charge in [-0.3, -0.25) is 4.79 Å². The van der Waals surface area contributed by atoms with Crippen molar-refractivity contribution in [1.82, 2.24) is 4.98 Å². The van der Waals surface area contributed by atoms with Crippen molar-refractivity contribution in [3.8, 4) is 5.75 Å². The van der Waals surface area contributed by atoms with E-state index in [2.05, 4.69) is 4.98 Å². The summed E-state index contributed by atoms with van der Waals surface area (Å²) in [5.41, 5.74) is 2.04. The summed E-state index contributed by atoms with van der Waals surface area (Å²) >= 11 is 0. The molecule has 2 aromatic carbocycles. The Morgan fingerprint density at radius 2 is 1.88 bits per heavy atom. The molecule has 0 saturated heterocycles. The van der Waals surface area contributed by atoms with Gasteiger partial charge >= 0.3 is 0 Å². The first-order chi connectivity index (χ1) is 8.18. The van der Waals surface area contributed by atoms with Gasteiger partial charge in [-0.25, -0.2) is 0 Å². The molecule has 3 heteroatoms. The molecule has 0 atom stereocenters. The number of Topliss-reactive ketones (excluding diaryl/α,β-unsaturated/α-hetero) is 1. The Morgan fingerprint density at radius 1 is 1.12 bits per heavy atom. The molecular formula is C14H11NO2. The van der Waals surface area contributed by atoms with Crippen molar-refractivity contribution < 1.29 is 9.90 Å². The predicted molar refractivity (Wildman–Crippen MR) is 67.5 cm³/mol. The SMILES string of the molecule is CC(=O)c1c(O)ccc2c1[nH]c1ccccc12. The van der Waals surface area contributed by atoms with E-state index in [0.717, 1.165) is 16.3 Å². The normalized spacial score (nSPS) is 11.1. The fourth-order valence-corrected chi connectivity index (χ4v) is 2.26. The lowest BCUT2D eigenvalue weighted by Crippen LogP contribution is -1.94. The van der Waals surface area contributed by atoms with Crippen LogP contribution in [-0.2, 0) is 0 Å². The molecule has 0 aliphatic heterocycles. The highest BCUT2D eigenvalue weighted by molar-refractivity contribution is 6.16. The number of carbonyl (C=O) groups excluding carboxylic acids is 1. The number of fused-ring (bicyclic) bond motifs is 3. The van der Waals surface area contributed by atoms with Crippen LogP contribution in [0.25, 0.3) is 21.8 Å². The van der Waals surface area contributed by atoms with E-state index in [1.54, 1.807) is 6.07 Å². The number of benzene rings is 2. The smallest absolute Gasteiger partial charge is 0.165 e. The first kappa shape index (κ1) is 9.90. The van der Waals surface area contributed by atoms with Crippen molar-refractivity contribution in [2.24, 2.45) is 0 Å². The van der Waals surface area contributed by atoms with Crippen LogP contribution in [0.3, 0.4) is 0 Å². The number of para-hydroxylation sites is 1. The lowest BCUT2D eigenvalue weighted by atomic mass is 10.1. The Hall–Kier alpha value is -2.29. The molecule has 0 fully saturated rings. The fraction of sp³-hybridized carbons (Fsp3) is 0.0714. The Morgan fingerprint density at radius 3 is 2.65 bits per heavy atom. The van der Waals surface area contributed by atoms with Crippen LogP contribution < -0.4 is 0 Å². The van der Waals surface area contributed by atoms with E-state index < -0.39 is 0 Å². The Balaban J connectivity index is 2.56. The summed E-state index contributed by atoms with van der Waals surface area (Å²) in [4.78, 5) is 14.8. The minimum absolute atomic E-state index is 0.0246. The lowest BCUT2D eigenvalue weighted by molar-refractivity contribution is 0.101.